The van der Waals surface area contributed by atoms with E-state index in [4.69, 9.17) is 10.5 Å². The molecule has 0 radical (unpaired) electrons. The number of hydrogen-bond acceptors (Lipinski definition) is 3. The largest absolute Gasteiger partial charge is 0.487 e. The number of amides is 1. The second-order valence-corrected chi connectivity index (χ2v) is 6.85. The monoisotopic (exact) mass is 364 g/mol. The molecule has 1 aliphatic heterocycles. The summed E-state index contributed by atoms with van der Waals surface area (Å²) in [7, 11) is 0. The molecule has 0 aliphatic carbocycles. The van der Waals surface area contributed by atoms with Gasteiger partial charge in [0, 0.05) is 23.2 Å². The highest BCUT2D eigenvalue weighted by atomic mass is 35.5. The first-order chi connectivity index (χ1) is 11.2. The van der Waals surface area contributed by atoms with E-state index in [1.807, 2.05) is 26.0 Å². The van der Waals surface area contributed by atoms with Crippen LogP contribution in [0.5, 0.6) is 5.75 Å². The minimum absolute atomic E-state index is 0. The van der Waals surface area contributed by atoms with E-state index in [2.05, 4.69) is 5.32 Å². The van der Waals surface area contributed by atoms with Gasteiger partial charge in [0.15, 0.2) is 0 Å². The maximum absolute atomic E-state index is 13.4. The summed E-state index contributed by atoms with van der Waals surface area (Å²) in [5, 5.41) is 3.02. The number of halogens is 2. The average molecular weight is 365 g/mol. The molecule has 1 amide bonds. The number of hydrogen-bond donors (Lipinski definition) is 2. The minimum atomic E-state index is -0.403. The Hall–Kier alpha value is -2.27. The Morgan fingerprint density at radius 2 is 2.00 bits per heavy atom. The van der Waals surface area contributed by atoms with E-state index in [-0.39, 0.29) is 30.2 Å². The number of ether oxygens (including phenoxy) is 1. The van der Waals surface area contributed by atoms with Crippen molar-refractivity contribution in [2.24, 2.45) is 0 Å². The van der Waals surface area contributed by atoms with Crippen LogP contribution in [0, 0.1) is 12.7 Å². The molecule has 2 aromatic rings. The van der Waals surface area contributed by atoms with Crippen LogP contribution in [0.3, 0.4) is 0 Å². The molecule has 0 fully saturated rings. The van der Waals surface area contributed by atoms with Gasteiger partial charge in [-0.2, -0.15) is 0 Å². The Bertz CT molecular complexity index is 808. The van der Waals surface area contributed by atoms with Crippen LogP contribution in [0.1, 0.15) is 47.8 Å². The molecule has 25 heavy (non-hydrogen) atoms. The Balaban J connectivity index is 0.00000225. The first kappa shape index (κ1) is 19.1. The molecule has 3 rings (SSSR count). The van der Waals surface area contributed by atoms with Crippen LogP contribution in [-0.2, 0) is 0 Å². The van der Waals surface area contributed by atoms with E-state index >= 15 is 0 Å². The van der Waals surface area contributed by atoms with Crippen molar-refractivity contribution < 1.29 is 13.9 Å². The lowest BCUT2D eigenvalue weighted by Gasteiger charge is -2.38. The second kappa shape index (κ2) is 6.92. The third-order valence-electron chi connectivity index (χ3n) is 4.22. The molecular formula is C19H22ClFN2O2. The van der Waals surface area contributed by atoms with Crippen molar-refractivity contribution in [3.05, 3.63) is 58.9 Å². The highest BCUT2D eigenvalue weighted by Gasteiger charge is 2.34. The fourth-order valence-corrected chi connectivity index (χ4v) is 3.03. The van der Waals surface area contributed by atoms with Crippen LogP contribution >= 0.6 is 12.4 Å². The van der Waals surface area contributed by atoms with Gasteiger partial charge >= 0.3 is 0 Å². The summed E-state index contributed by atoms with van der Waals surface area (Å²) in [6.45, 7) is 5.60. The molecule has 0 bridgehead atoms. The fourth-order valence-electron chi connectivity index (χ4n) is 3.03. The summed E-state index contributed by atoms with van der Waals surface area (Å²) in [4.78, 5) is 12.6. The molecule has 1 unspecified atom stereocenters. The summed E-state index contributed by atoms with van der Waals surface area (Å²) in [6, 6.07) is 9.56. The Morgan fingerprint density at radius 3 is 2.68 bits per heavy atom. The zero-order valence-electron chi connectivity index (χ0n) is 14.4. The lowest BCUT2D eigenvalue weighted by Crippen LogP contribution is -2.41. The van der Waals surface area contributed by atoms with Gasteiger partial charge in [-0.15, -0.1) is 12.4 Å². The van der Waals surface area contributed by atoms with Crippen LogP contribution in [-0.4, -0.2) is 11.5 Å². The maximum atomic E-state index is 13.4. The number of benzene rings is 2. The predicted molar refractivity (Wildman–Crippen MR) is 98.8 cm³/mol. The molecule has 1 atom stereocenters. The standard InChI is InChI=1S/C19H21FN2O2.ClH/c1-11-8-12(4-6-15(11)20)18(23)22-16-10-19(2,3)24-17-7-5-13(21)9-14(16)17;/h4-9,16H,10,21H2,1-3H3,(H,22,23);1H. The smallest absolute Gasteiger partial charge is 0.251 e. The number of carbonyl (C=O) groups is 1. The summed E-state index contributed by atoms with van der Waals surface area (Å²) in [5.74, 6) is 0.159. The van der Waals surface area contributed by atoms with Crippen molar-refractivity contribution in [1.29, 1.82) is 0 Å². The van der Waals surface area contributed by atoms with Crippen LogP contribution in [0.15, 0.2) is 36.4 Å². The zero-order valence-corrected chi connectivity index (χ0v) is 15.2. The molecular weight excluding hydrogens is 343 g/mol. The number of anilines is 1. The van der Waals surface area contributed by atoms with Gasteiger partial charge < -0.3 is 15.8 Å². The normalized spacial score (nSPS) is 17.7. The van der Waals surface area contributed by atoms with Gasteiger partial charge in [-0.3, -0.25) is 4.79 Å². The number of nitrogen functional groups attached to an aromatic ring is 1. The van der Waals surface area contributed by atoms with E-state index < -0.39 is 5.60 Å². The maximum Gasteiger partial charge on any atom is 0.251 e. The molecule has 0 aromatic heterocycles. The van der Waals surface area contributed by atoms with Gasteiger partial charge in [-0.25, -0.2) is 4.39 Å². The van der Waals surface area contributed by atoms with Crippen LogP contribution in [0.2, 0.25) is 0 Å². The molecule has 3 N–H and O–H groups in total. The molecule has 0 saturated heterocycles. The van der Waals surface area contributed by atoms with Crippen molar-refractivity contribution in [2.45, 2.75) is 38.8 Å². The van der Waals surface area contributed by atoms with Gasteiger partial charge in [0.05, 0.1) is 6.04 Å². The molecule has 0 saturated carbocycles. The highest BCUT2D eigenvalue weighted by molar-refractivity contribution is 5.94. The minimum Gasteiger partial charge on any atom is -0.487 e. The molecule has 6 heteroatoms. The number of carbonyl (C=O) groups excluding carboxylic acids is 1. The Kier molecular flexibility index (Phi) is 5.28. The summed E-state index contributed by atoms with van der Waals surface area (Å²) in [6.07, 6.45) is 0.620. The van der Waals surface area contributed by atoms with Crippen molar-refractivity contribution >= 4 is 24.0 Å². The number of rotatable bonds is 2. The van der Waals surface area contributed by atoms with E-state index in [9.17, 15) is 9.18 Å². The third-order valence-corrected chi connectivity index (χ3v) is 4.22. The predicted octanol–water partition coefficient (Wildman–Crippen LogP) is 4.17. The quantitative estimate of drug-likeness (QED) is 0.786. The third kappa shape index (κ3) is 4.04. The first-order valence-electron chi connectivity index (χ1n) is 7.91. The van der Waals surface area contributed by atoms with Gasteiger partial charge in [0.2, 0.25) is 0 Å². The van der Waals surface area contributed by atoms with Gasteiger partial charge in [0.25, 0.3) is 5.91 Å². The first-order valence-corrected chi connectivity index (χ1v) is 7.91. The topological polar surface area (TPSA) is 64.3 Å². The molecule has 2 aromatic carbocycles. The molecule has 0 spiro atoms. The van der Waals surface area contributed by atoms with E-state index in [0.29, 0.717) is 23.2 Å². The highest BCUT2D eigenvalue weighted by Crippen LogP contribution is 2.40. The summed E-state index contributed by atoms with van der Waals surface area (Å²) >= 11 is 0. The zero-order chi connectivity index (χ0) is 17.5. The van der Waals surface area contributed by atoms with Crippen molar-refractivity contribution in [2.75, 3.05) is 5.73 Å². The lowest BCUT2D eigenvalue weighted by molar-refractivity contribution is 0.0620. The van der Waals surface area contributed by atoms with E-state index in [0.717, 1.165) is 11.3 Å². The number of nitrogens with two attached hydrogens (primary N) is 1. The van der Waals surface area contributed by atoms with Crippen molar-refractivity contribution in [3.8, 4) is 5.75 Å². The molecule has 134 valence electrons. The van der Waals surface area contributed by atoms with Gasteiger partial charge in [0.1, 0.15) is 17.2 Å². The SMILES string of the molecule is Cc1cc(C(=O)NC2CC(C)(C)Oc3ccc(N)cc32)ccc1F.Cl. The lowest BCUT2D eigenvalue weighted by atomic mass is 9.89. The van der Waals surface area contributed by atoms with Crippen molar-refractivity contribution in [3.63, 3.8) is 0 Å². The second-order valence-electron chi connectivity index (χ2n) is 6.85. The molecule has 1 heterocycles. The van der Waals surface area contributed by atoms with Crippen LogP contribution in [0.4, 0.5) is 10.1 Å². The van der Waals surface area contributed by atoms with Gasteiger partial charge in [-0.05, 0) is 62.7 Å². The number of nitrogens with one attached hydrogen (secondary N) is 1. The fraction of sp³-hybridized carbons (Fsp3) is 0.316. The summed E-state index contributed by atoms with van der Waals surface area (Å²) < 4.78 is 19.4. The molecule has 4 nitrogen and oxygen atoms in total. The average Bonchev–Trinajstić information content (AvgIpc) is 2.50. The number of fused-ring (bicyclic) bond motifs is 1. The molecule has 1 aliphatic rings. The Morgan fingerprint density at radius 1 is 1.28 bits per heavy atom. The van der Waals surface area contributed by atoms with Crippen LogP contribution < -0.4 is 15.8 Å². The van der Waals surface area contributed by atoms with Crippen LogP contribution in [0.25, 0.3) is 0 Å². The Labute approximate surface area is 153 Å². The van der Waals surface area contributed by atoms with Gasteiger partial charge in [-0.1, -0.05) is 0 Å². The van der Waals surface area contributed by atoms with E-state index in [1.165, 1.54) is 12.1 Å². The van der Waals surface area contributed by atoms with E-state index in [1.54, 1.807) is 19.1 Å². The van der Waals surface area contributed by atoms with Crippen molar-refractivity contribution in [1.82, 2.24) is 5.32 Å². The summed E-state index contributed by atoms with van der Waals surface area (Å²) in [5.41, 5.74) is 7.84. The number of aryl methyl sites for hydroxylation is 1.